The van der Waals surface area contributed by atoms with Crippen molar-refractivity contribution in [3.8, 4) is 0 Å². The number of carbonyl (C=O) groups excluding carboxylic acids is 1. The fourth-order valence-corrected chi connectivity index (χ4v) is 2.48. The Balaban J connectivity index is 1.82. The lowest BCUT2D eigenvalue weighted by molar-refractivity contribution is -0.146. The maximum atomic E-state index is 11.5. The van der Waals surface area contributed by atoms with Crippen LogP contribution < -0.4 is 5.32 Å². The Hall–Kier alpha value is -1.26. The molecule has 1 saturated heterocycles. The molecule has 1 aliphatic carbocycles. The Kier molecular flexibility index (Phi) is 4.09. The van der Waals surface area contributed by atoms with E-state index >= 15 is 0 Å². The number of piperidine rings is 1. The van der Waals surface area contributed by atoms with Crippen LogP contribution in [0.5, 0.6) is 0 Å². The van der Waals surface area contributed by atoms with Crippen LogP contribution >= 0.6 is 0 Å². The van der Waals surface area contributed by atoms with E-state index in [2.05, 4.69) is 22.1 Å². The molecular weight excluding hydrogens is 230 g/mol. The zero-order valence-electron chi connectivity index (χ0n) is 11.5. The first-order chi connectivity index (χ1) is 8.65. The largest absolute Gasteiger partial charge is 0.469 e. The van der Waals surface area contributed by atoms with E-state index in [-0.39, 0.29) is 11.9 Å². The monoisotopic (exact) mass is 253 g/mol. The predicted molar refractivity (Wildman–Crippen MR) is 70.4 cm³/mol. The predicted octanol–water partition coefficient (Wildman–Crippen LogP) is 0.855. The molecule has 5 nitrogen and oxygen atoms in total. The van der Waals surface area contributed by atoms with Gasteiger partial charge in [0.15, 0.2) is 5.96 Å². The van der Waals surface area contributed by atoms with Crippen molar-refractivity contribution in [2.75, 3.05) is 27.2 Å². The SMILES string of the molecule is CN=C(NC1CC1C)N1CCC(C(=O)OC)CC1. The summed E-state index contributed by atoms with van der Waals surface area (Å²) in [5, 5.41) is 3.48. The van der Waals surface area contributed by atoms with Crippen LogP contribution in [0.15, 0.2) is 4.99 Å². The number of ether oxygens (including phenoxy) is 1. The molecule has 0 spiro atoms. The van der Waals surface area contributed by atoms with Gasteiger partial charge in [-0.05, 0) is 25.2 Å². The van der Waals surface area contributed by atoms with Crippen molar-refractivity contribution in [1.29, 1.82) is 0 Å². The van der Waals surface area contributed by atoms with E-state index in [1.54, 1.807) is 0 Å². The molecule has 2 atom stereocenters. The van der Waals surface area contributed by atoms with Gasteiger partial charge in [0.25, 0.3) is 0 Å². The van der Waals surface area contributed by atoms with Crippen LogP contribution in [0.2, 0.25) is 0 Å². The molecule has 0 amide bonds. The van der Waals surface area contributed by atoms with Gasteiger partial charge in [-0.3, -0.25) is 9.79 Å². The van der Waals surface area contributed by atoms with Gasteiger partial charge in [0, 0.05) is 26.2 Å². The van der Waals surface area contributed by atoms with Gasteiger partial charge < -0.3 is 15.0 Å². The van der Waals surface area contributed by atoms with E-state index in [4.69, 9.17) is 4.74 Å². The zero-order valence-corrected chi connectivity index (χ0v) is 11.5. The van der Waals surface area contributed by atoms with Gasteiger partial charge in [-0.1, -0.05) is 6.92 Å². The fourth-order valence-electron chi connectivity index (χ4n) is 2.48. The summed E-state index contributed by atoms with van der Waals surface area (Å²) in [5.74, 6) is 1.72. The highest BCUT2D eigenvalue weighted by Gasteiger charge is 2.35. The molecule has 1 N–H and O–H groups in total. The third kappa shape index (κ3) is 2.94. The maximum absolute atomic E-state index is 11.5. The van der Waals surface area contributed by atoms with Crippen LogP contribution in [-0.4, -0.2) is 50.1 Å². The Morgan fingerprint density at radius 1 is 1.39 bits per heavy atom. The van der Waals surface area contributed by atoms with Crippen LogP contribution in [0.3, 0.4) is 0 Å². The number of nitrogens with one attached hydrogen (secondary N) is 1. The number of nitrogens with zero attached hydrogens (tertiary/aromatic N) is 2. The van der Waals surface area contributed by atoms with E-state index < -0.39 is 0 Å². The van der Waals surface area contributed by atoms with E-state index in [0.717, 1.165) is 37.8 Å². The van der Waals surface area contributed by atoms with Gasteiger partial charge in [0.05, 0.1) is 13.0 Å². The van der Waals surface area contributed by atoms with Crippen LogP contribution in [0.4, 0.5) is 0 Å². The van der Waals surface area contributed by atoms with Gasteiger partial charge in [0.1, 0.15) is 0 Å². The normalized spacial score (nSPS) is 29.1. The molecule has 0 radical (unpaired) electrons. The molecule has 2 unspecified atom stereocenters. The Labute approximate surface area is 109 Å². The maximum Gasteiger partial charge on any atom is 0.308 e. The van der Waals surface area contributed by atoms with Crippen molar-refractivity contribution < 1.29 is 9.53 Å². The van der Waals surface area contributed by atoms with Gasteiger partial charge in [-0.15, -0.1) is 0 Å². The van der Waals surface area contributed by atoms with Crippen molar-refractivity contribution >= 4 is 11.9 Å². The second-order valence-corrected chi connectivity index (χ2v) is 5.30. The number of hydrogen-bond acceptors (Lipinski definition) is 3. The van der Waals surface area contributed by atoms with Crippen molar-refractivity contribution in [2.24, 2.45) is 16.8 Å². The smallest absolute Gasteiger partial charge is 0.308 e. The molecule has 102 valence electrons. The van der Waals surface area contributed by atoms with Gasteiger partial charge in [0.2, 0.25) is 0 Å². The average molecular weight is 253 g/mol. The van der Waals surface area contributed by atoms with Gasteiger partial charge in [-0.2, -0.15) is 0 Å². The minimum atomic E-state index is -0.0755. The van der Waals surface area contributed by atoms with Crippen LogP contribution in [-0.2, 0) is 9.53 Å². The summed E-state index contributed by atoms with van der Waals surface area (Å²) >= 11 is 0. The molecule has 0 aromatic rings. The molecule has 1 heterocycles. The van der Waals surface area contributed by atoms with Crippen molar-refractivity contribution in [1.82, 2.24) is 10.2 Å². The first-order valence-corrected chi connectivity index (χ1v) is 6.71. The quantitative estimate of drug-likeness (QED) is 0.450. The molecular formula is C13H23N3O2. The topological polar surface area (TPSA) is 53.9 Å². The lowest BCUT2D eigenvalue weighted by Gasteiger charge is -2.33. The van der Waals surface area contributed by atoms with E-state index in [1.165, 1.54) is 13.5 Å². The average Bonchev–Trinajstić information content (AvgIpc) is 3.11. The first kappa shape index (κ1) is 13.2. The molecule has 2 fully saturated rings. The molecule has 2 aliphatic rings. The molecule has 0 aromatic carbocycles. The fraction of sp³-hybridized carbons (Fsp3) is 0.846. The van der Waals surface area contributed by atoms with E-state index in [0.29, 0.717) is 6.04 Å². The summed E-state index contributed by atoms with van der Waals surface area (Å²) in [6.45, 7) is 4.00. The van der Waals surface area contributed by atoms with Crippen LogP contribution in [0, 0.1) is 11.8 Å². The summed E-state index contributed by atoms with van der Waals surface area (Å²) in [7, 11) is 3.28. The van der Waals surface area contributed by atoms with Gasteiger partial charge in [-0.25, -0.2) is 0 Å². The van der Waals surface area contributed by atoms with Gasteiger partial charge >= 0.3 is 5.97 Å². The van der Waals surface area contributed by atoms with Crippen molar-refractivity contribution in [3.05, 3.63) is 0 Å². The first-order valence-electron chi connectivity index (χ1n) is 6.71. The molecule has 1 saturated carbocycles. The van der Waals surface area contributed by atoms with E-state index in [9.17, 15) is 4.79 Å². The minimum Gasteiger partial charge on any atom is -0.469 e. The molecule has 2 rings (SSSR count). The van der Waals surface area contributed by atoms with E-state index in [1.807, 2.05) is 7.05 Å². The zero-order chi connectivity index (χ0) is 13.1. The van der Waals surface area contributed by atoms with Crippen molar-refractivity contribution in [2.45, 2.75) is 32.2 Å². The Bertz CT molecular complexity index is 335. The number of carbonyl (C=O) groups is 1. The summed E-state index contributed by atoms with van der Waals surface area (Å²) in [6.07, 6.45) is 2.94. The number of hydrogen-bond donors (Lipinski definition) is 1. The number of rotatable bonds is 2. The second-order valence-electron chi connectivity index (χ2n) is 5.30. The molecule has 0 bridgehead atoms. The highest BCUT2D eigenvalue weighted by molar-refractivity contribution is 5.81. The lowest BCUT2D eigenvalue weighted by atomic mass is 9.97. The van der Waals surface area contributed by atoms with Crippen LogP contribution in [0.25, 0.3) is 0 Å². The number of guanidine groups is 1. The summed E-state index contributed by atoms with van der Waals surface area (Å²) < 4.78 is 4.80. The third-order valence-electron chi connectivity index (χ3n) is 3.96. The number of methoxy groups -OCH3 is 1. The lowest BCUT2D eigenvalue weighted by Crippen LogP contribution is -2.47. The highest BCUT2D eigenvalue weighted by Crippen LogP contribution is 2.29. The second kappa shape index (κ2) is 5.59. The van der Waals surface area contributed by atoms with Crippen LogP contribution in [0.1, 0.15) is 26.2 Å². The Morgan fingerprint density at radius 2 is 2.00 bits per heavy atom. The third-order valence-corrected chi connectivity index (χ3v) is 3.96. The standard InChI is InChI=1S/C13H23N3O2/c1-9-8-11(9)15-13(14-2)16-6-4-10(5-7-16)12(17)18-3/h9-11H,4-8H2,1-3H3,(H,14,15). The number of likely N-dealkylation sites (tertiary alicyclic amines) is 1. The molecule has 1 aliphatic heterocycles. The summed E-state index contributed by atoms with van der Waals surface area (Å²) in [6, 6.07) is 0.585. The number of esters is 1. The Morgan fingerprint density at radius 3 is 2.44 bits per heavy atom. The summed E-state index contributed by atoms with van der Waals surface area (Å²) in [4.78, 5) is 18.0. The molecule has 0 aromatic heterocycles. The molecule has 5 heteroatoms. The van der Waals surface area contributed by atoms with Crippen molar-refractivity contribution in [3.63, 3.8) is 0 Å². The minimum absolute atomic E-state index is 0.0594. The molecule has 18 heavy (non-hydrogen) atoms. The number of aliphatic imine (C=N–C) groups is 1. The summed E-state index contributed by atoms with van der Waals surface area (Å²) in [5.41, 5.74) is 0. The highest BCUT2D eigenvalue weighted by atomic mass is 16.5.